The number of rotatable bonds is 7. The molecule has 4 heteroatoms. The first-order valence-corrected chi connectivity index (χ1v) is 9.34. The minimum Gasteiger partial charge on any atom is -0.508 e. The van der Waals surface area contributed by atoms with Crippen LogP contribution in [0.3, 0.4) is 0 Å². The van der Waals surface area contributed by atoms with Crippen LogP contribution in [0.4, 0.5) is 0 Å². The lowest BCUT2D eigenvalue weighted by Crippen LogP contribution is -2.33. The molecule has 0 fully saturated rings. The van der Waals surface area contributed by atoms with Crippen molar-refractivity contribution in [1.29, 1.82) is 0 Å². The molecule has 2 aromatic rings. The number of carbonyl (C=O) groups is 1. The summed E-state index contributed by atoms with van der Waals surface area (Å²) in [5, 5.41) is 12.6. The van der Waals surface area contributed by atoms with Crippen molar-refractivity contribution in [1.82, 2.24) is 10.2 Å². The minimum atomic E-state index is 0.129. The Morgan fingerprint density at radius 2 is 1.92 bits per heavy atom. The molecule has 1 aliphatic carbocycles. The number of benzene rings is 2. The summed E-state index contributed by atoms with van der Waals surface area (Å²) in [5.74, 6) is 0.413. The fourth-order valence-corrected chi connectivity index (χ4v) is 3.72. The quantitative estimate of drug-likeness (QED) is 0.802. The molecule has 2 atom stereocenters. The van der Waals surface area contributed by atoms with Gasteiger partial charge >= 0.3 is 0 Å². The van der Waals surface area contributed by atoms with Crippen LogP contribution < -0.4 is 5.32 Å². The summed E-state index contributed by atoms with van der Waals surface area (Å²) in [6.45, 7) is 0. The van der Waals surface area contributed by atoms with Crippen LogP contribution in [0.5, 0.6) is 5.75 Å². The summed E-state index contributed by atoms with van der Waals surface area (Å²) in [6, 6.07) is 16.2. The lowest BCUT2D eigenvalue weighted by molar-refractivity contribution is -0.122. The van der Waals surface area contributed by atoms with Gasteiger partial charge in [-0.3, -0.25) is 4.79 Å². The first kappa shape index (κ1) is 18.5. The Kier molecular flexibility index (Phi) is 5.94. The summed E-state index contributed by atoms with van der Waals surface area (Å²) in [4.78, 5) is 14.6. The number of hydrogen-bond acceptors (Lipinski definition) is 3. The molecule has 0 unspecified atom stereocenters. The third-order valence-corrected chi connectivity index (χ3v) is 5.31. The molecule has 26 heavy (non-hydrogen) atoms. The minimum absolute atomic E-state index is 0.129. The van der Waals surface area contributed by atoms with E-state index in [1.165, 1.54) is 16.7 Å². The molecule has 1 aliphatic rings. The van der Waals surface area contributed by atoms with Crippen molar-refractivity contribution in [2.75, 3.05) is 14.1 Å². The fourth-order valence-electron chi connectivity index (χ4n) is 3.72. The van der Waals surface area contributed by atoms with Crippen molar-refractivity contribution in [3.63, 3.8) is 0 Å². The average Bonchev–Trinajstić information content (AvgIpc) is 3.03. The van der Waals surface area contributed by atoms with Crippen LogP contribution in [-0.4, -0.2) is 36.1 Å². The highest BCUT2D eigenvalue weighted by Gasteiger charge is 2.23. The number of likely N-dealkylation sites (N-methyl/N-ethyl adjacent to an activating group) is 1. The number of nitrogens with one attached hydrogen (secondary N) is 1. The normalized spacial score (nSPS) is 17.1. The van der Waals surface area contributed by atoms with E-state index >= 15 is 0 Å². The molecule has 4 nitrogen and oxygen atoms in total. The van der Waals surface area contributed by atoms with Gasteiger partial charge < -0.3 is 15.3 Å². The third-order valence-electron chi connectivity index (χ3n) is 5.31. The van der Waals surface area contributed by atoms with E-state index < -0.39 is 0 Å². The van der Waals surface area contributed by atoms with Gasteiger partial charge in [0.05, 0.1) is 6.04 Å². The zero-order valence-corrected chi connectivity index (χ0v) is 15.6. The SMILES string of the molecule is CN(C)[C@H](CCC(=O)N[C@@H]1CCc2ccccc21)Cc1ccc(O)cc1. The number of aromatic hydroxyl groups is 1. The van der Waals surface area contributed by atoms with Gasteiger partial charge in [0.25, 0.3) is 0 Å². The third kappa shape index (κ3) is 4.64. The molecule has 0 saturated carbocycles. The van der Waals surface area contributed by atoms with E-state index in [-0.39, 0.29) is 17.7 Å². The molecule has 3 rings (SSSR count). The number of phenolic OH excluding ortho intramolecular Hbond substituents is 1. The van der Waals surface area contributed by atoms with Crippen LogP contribution in [0, 0.1) is 0 Å². The second kappa shape index (κ2) is 8.37. The molecule has 2 aromatic carbocycles. The Labute approximate surface area is 155 Å². The Hall–Kier alpha value is -2.33. The molecule has 0 heterocycles. The van der Waals surface area contributed by atoms with E-state index in [9.17, 15) is 9.90 Å². The standard InChI is InChI=1S/C22H28N2O2/c1-24(2)18(15-16-7-11-19(25)12-8-16)10-14-22(26)23-21-13-9-17-5-3-4-6-20(17)21/h3-8,11-12,18,21,25H,9-10,13-15H2,1-2H3,(H,23,26)/t18-,21-/m1/s1. The maximum atomic E-state index is 12.5. The Morgan fingerprint density at radius 1 is 1.19 bits per heavy atom. The van der Waals surface area contributed by atoms with Gasteiger partial charge in [0.1, 0.15) is 5.75 Å². The lowest BCUT2D eigenvalue weighted by atomic mass is 10.0. The summed E-state index contributed by atoms with van der Waals surface area (Å²) < 4.78 is 0. The number of fused-ring (bicyclic) bond motifs is 1. The summed E-state index contributed by atoms with van der Waals surface area (Å²) in [7, 11) is 4.10. The Balaban J connectivity index is 1.52. The maximum absolute atomic E-state index is 12.5. The lowest BCUT2D eigenvalue weighted by Gasteiger charge is -2.24. The van der Waals surface area contributed by atoms with E-state index in [0.29, 0.717) is 12.5 Å². The maximum Gasteiger partial charge on any atom is 0.220 e. The van der Waals surface area contributed by atoms with Crippen molar-refractivity contribution in [2.45, 2.75) is 44.2 Å². The van der Waals surface area contributed by atoms with Crippen molar-refractivity contribution in [2.24, 2.45) is 0 Å². The molecule has 0 radical (unpaired) electrons. The van der Waals surface area contributed by atoms with Gasteiger partial charge in [-0.1, -0.05) is 36.4 Å². The van der Waals surface area contributed by atoms with E-state index in [1.807, 2.05) is 18.2 Å². The van der Waals surface area contributed by atoms with E-state index in [2.05, 4.69) is 42.5 Å². The average molecular weight is 352 g/mol. The molecule has 0 aromatic heterocycles. The number of nitrogens with zero attached hydrogens (tertiary/aromatic N) is 1. The molecule has 138 valence electrons. The fraction of sp³-hybridized carbons (Fsp3) is 0.409. The van der Waals surface area contributed by atoms with Crippen LogP contribution in [0.2, 0.25) is 0 Å². The second-order valence-electron chi connectivity index (χ2n) is 7.38. The number of carbonyl (C=O) groups excluding carboxylic acids is 1. The molecule has 0 saturated heterocycles. The Bertz CT molecular complexity index is 740. The Morgan fingerprint density at radius 3 is 2.65 bits per heavy atom. The van der Waals surface area contributed by atoms with E-state index in [4.69, 9.17) is 0 Å². The molecule has 0 bridgehead atoms. The van der Waals surface area contributed by atoms with Crippen molar-refractivity contribution in [3.8, 4) is 5.75 Å². The number of amides is 1. The second-order valence-corrected chi connectivity index (χ2v) is 7.38. The largest absolute Gasteiger partial charge is 0.508 e. The van der Waals surface area contributed by atoms with Gasteiger partial charge in [-0.25, -0.2) is 0 Å². The van der Waals surface area contributed by atoms with Crippen LogP contribution in [-0.2, 0) is 17.6 Å². The monoisotopic (exact) mass is 352 g/mol. The first-order valence-electron chi connectivity index (χ1n) is 9.34. The summed E-state index contributed by atoms with van der Waals surface area (Å²) in [6.07, 6.45) is 4.25. The molecular weight excluding hydrogens is 324 g/mol. The molecule has 0 spiro atoms. The highest BCUT2D eigenvalue weighted by atomic mass is 16.3. The number of phenols is 1. The van der Waals surface area contributed by atoms with E-state index in [0.717, 1.165) is 25.7 Å². The summed E-state index contributed by atoms with van der Waals surface area (Å²) in [5.41, 5.74) is 3.80. The van der Waals surface area contributed by atoms with Gasteiger partial charge in [-0.05, 0) is 68.6 Å². The molecule has 0 aliphatic heterocycles. The van der Waals surface area contributed by atoms with Crippen molar-refractivity contribution in [3.05, 3.63) is 65.2 Å². The smallest absolute Gasteiger partial charge is 0.220 e. The van der Waals surface area contributed by atoms with Gasteiger partial charge in [-0.15, -0.1) is 0 Å². The van der Waals surface area contributed by atoms with Crippen LogP contribution in [0.25, 0.3) is 0 Å². The van der Waals surface area contributed by atoms with Gasteiger partial charge in [0.15, 0.2) is 0 Å². The van der Waals surface area contributed by atoms with Crippen LogP contribution in [0.15, 0.2) is 48.5 Å². The zero-order chi connectivity index (χ0) is 18.5. The topological polar surface area (TPSA) is 52.6 Å². The van der Waals surface area contributed by atoms with Gasteiger partial charge in [0.2, 0.25) is 5.91 Å². The van der Waals surface area contributed by atoms with Crippen molar-refractivity contribution >= 4 is 5.91 Å². The molecule has 2 N–H and O–H groups in total. The predicted octanol–water partition coefficient (Wildman–Crippen LogP) is 3.45. The number of aryl methyl sites for hydroxylation is 1. The first-order chi connectivity index (χ1) is 12.5. The molecular formula is C22H28N2O2. The zero-order valence-electron chi connectivity index (χ0n) is 15.6. The number of hydrogen-bond donors (Lipinski definition) is 2. The molecule has 1 amide bonds. The van der Waals surface area contributed by atoms with Crippen LogP contribution in [0.1, 0.15) is 42.0 Å². The van der Waals surface area contributed by atoms with Crippen LogP contribution >= 0.6 is 0 Å². The highest BCUT2D eigenvalue weighted by Crippen LogP contribution is 2.30. The summed E-state index contributed by atoms with van der Waals surface area (Å²) >= 11 is 0. The van der Waals surface area contributed by atoms with Gasteiger partial charge in [-0.2, -0.15) is 0 Å². The van der Waals surface area contributed by atoms with Crippen molar-refractivity contribution < 1.29 is 9.90 Å². The highest BCUT2D eigenvalue weighted by molar-refractivity contribution is 5.76. The van der Waals surface area contributed by atoms with Gasteiger partial charge in [0, 0.05) is 12.5 Å². The van der Waals surface area contributed by atoms with E-state index in [1.54, 1.807) is 12.1 Å². The predicted molar refractivity (Wildman–Crippen MR) is 104 cm³/mol.